The first-order valence-corrected chi connectivity index (χ1v) is 10.1. The predicted octanol–water partition coefficient (Wildman–Crippen LogP) is 5.82. The molecule has 0 spiro atoms. The minimum absolute atomic E-state index is 0. The van der Waals surface area contributed by atoms with E-state index in [9.17, 15) is 30.7 Å². The van der Waals surface area contributed by atoms with E-state index in [0.29, 0.717) is 0 Å². The van der Waals surface area contributed by atoms with E-state index in [4.69, 9.17) is 0 Å². The van der Waals surface area contributed by atoms with E-state index in [-0.39, 0.29) is 33.5 Å². The molecule has 1 aromatic carbocycles. The van der Waals surface area contributed by atoms with Crippen molar-refractivity contribution in [3.8, 4) is 0 Å². The van der Waals surface area contributed by atoms with Gasteiger partial charge >= 0.3 is 6.18 Å². The fourth-order valence-electron chi connectivity index (χ4n) is 1.51. The largest absolute Gasteiger partial charge is 0.427 e. The Kier molecular flexibility index (Phi) is 16.9. The third kappa shape index (κ3) is 10.3. The number of alkyl halides is 5. The van der Waals surface area contributed by atoms with Crippen LogP contribution in [-0.4, -0.2) is 37.6 Å². The first-order chi connectivity index (χ1) is 10.5. The molecule has 0 aliphatic carbocycles. The number of halogens is 7. The second-order valence-corrected chi connectivity index (χ2v) is 8.96. The van der Waals surface area contributed by atoms with E-state index in [1.807, 2.05) is 0 Å². The molecule has 0 amide bonds. The Morgan fingerprint density at radius 1 is 0.808 bits per heavy atom. The van der Waals surface area contributed by atoms with Crippen molar-refractivity contribution in [3.05, 3.63) is 34.2 Å². The summed E-state index contributed by atoms with van der Waals surface area (Å²) in [6.07, 6.45) is -10.1. The summed E-state index contributed by atoms with van der Waals surface area (Å²) >= 11 is 0. The summed E-state index contributed by atoms with van der Waals surface area (Å²) in [5, 5.41) is 0. The molecule has 1 nitrogen and oxygen atoms in total. The summed E-state index contributed by atoms with van der Waals surface area (Å²) in [4.78, 5) is 0. The van der Waals surface area contributed by atoms with E-state index in [0.717, 1.165) is 0 Å². The maximum absolute atomic E-state index is 11.1. The quantitative estimate of drug-likeness (QED) is 0.224. The maximum atomic E-state index is 11.1. The average molecular weight is 592 g/mol. The van der Waals surface area contributed by atoms with Crippen molar-refractivity contribution in [1.29, 1.82) is 0 Å². The fourth-order valence-corrected chi connectivity index (χ4v) is 1.51. The van der Waals surface area contributed by atoms with Gasteiger partial charge in [-0.15, -0.1) is 0 Å². The average Bonchev–Trinajstić information content (AvgIpc) is 2.56. The Balaban J connectivity index is -0.000000146. The smallest absolute Gasteiger partial charge is 0.415 e. The second-order valence-electron chi connectivity index (χ2n) is 5.96. The molecule has 0 saturated heterocycles. The molecule has 2 N–H and O–H groups in total. The van der Waals surface area contributed by atoms with Gasteiger partial charge < -0.3 is 14.3 Å². The molecule has 0 fully saturated rings. The van der Waals surface area contributed by atoms with Crippen LogP contribution in [0, 0.1) is 41.0 Å². The molecule has 26 heavy (non-hydrogen) atoms. The zero-order valence-electron chi connectivity index (χ0n) is 16.0. The molecule has 0 atom stereocenters. The predicted molar refractivity (Wildman–Crippen MR) is 91.9 cm³/mol. The van der Waals surface area contributed by atoms with Gasteiger partial charge in [0.15, 0.2) is 0 Å². The van der Waals surface area contributed by atoms with Crippen LogP contribution >= 0.6 is 7.92 Å². The fraction of sp³-hybridized carbons (Fsp3) is 0.625. The van der Waals surface area contributed by atoms with Gasteiger partial charge in [0.1, 0.15) is 0 Å². The summed E-state index contributed by atoms with van der Waals surface area (Å²) in [5.74, 6) is -5.98. The normalized spacial score (nSPS) is 11.0. The van der Waals surface area contributed by atoms with Crippen molar-refractivity contribution >= 4 is 7.92 Å². The minimum Gasteiger partial charge on any atom is -0.415 e. The molecular weight excluding hydrogens is 564 g/mol. The Hall–Kier alpha value is -0.101. The Labute approximate surface area is 165 Å². The molecule has 1 aromatic rings. The number of hydrogen-bond acceptors (Lipinski definition) is 0. The molecule has 0 aliphatic rings. The van der Waals surface area contributed by atoms with Gasteiger partial charge in [-0.1, -0.05) is 34.6 Å². The summed E-state index contributed by atoms with van der Waals surface area (Å²) in [6, 6.07) is 0. The van der Waals surface area contributed by atoms with Gasteiger partial charge in [0.05, 0.1) is 6.43 Å². The van der Waals surface area contributed by atoms with Crippen molar-refractivity contribution in [2.75, 3.05) is 20.0 Å². The molecule has 0 aliphatic heterocycles. The van der Waals surface area contributed by atoms with Gasteiger partial charge in [0.2, 0.25) is 0 Å². The van der Waals surface area contributed by atoms with Gasteiger partial charge in [-0.3, -0.25) is 0 Å². The molecule has 0 saturated carbocycles. The van der Waals surface area contributed by atoms with E-state index in [2.05, 4.69) is 54.6 Å². The minimum atomic E-state index is -6.20. The Bertz CT molecular complexity index is 429. The van der Waals surface area contributed by atoms with Gasteiger partial charge in [-0.05, 0) is 7.92 Å². The molecule has 161 valence electrons. The second kappa shape index (κ2) is 13.1. The van der Waals surface area contributed by atoms with Crippen molar-refractivity contribution in [1.82, 2.24) is 0 Å². The summed E-state index contributed by atoms with van der Waals surface area (Å²) < 4.78 is 76.3. The summed E-state index contributed by atoms with van der Waals surface area (Å²) in [6.45, 7) is 17.8. The third-order valence-electron chi connectivity index (χ3n) is 3.41. The van der Waals surface area contributed by atoms with Crippen molar-refractivity contribution in [2.45, 2.75) is 46.7 Å². The van der Waals surface area contributed by atoms with Crippen LogP contribution in [0.1, 0.15) is 27.8 Å². The standard InChI is InChI=1S/C10H15.C3F7.C3H9P.Ir.H2O/c1-6-7(2)9(4)10(5)8(6)3;4-1(5)2(6,7)3(8,9)10;1-4(2)3;;/h1-5H3;;1-3H3;;1H2/q2*-1;;;/p+1. The Morgan fingerprint density at radius 3 is 1.08 bits per heavy atom. The molecule has 0 unspecified atom stereocenters. The van der Waals surface area contributed by atoms with Crippen LogP contribution in [-0.2, 0) is 20.1 Å². The molecule has 0 bridgehead atoms. The molecule has 10 heteroatoms. The zero-order valence-corrected chi connectivity index (χ0v) is 19.4. The monoisotopic (exact) mass is 592 g/mol. The van der Waals surface area contributed by atoms with Crippen LogP contribution in [0.2, 0.25) is 0 Å². The van der Waals surface area contributed by atoms with Crippen LogP contribution in [0.3, 0.4) is 0 Å². The van der Waals surface area contributed by atoms with Crippen LogP contribution < -0.4 is 0 Å². The SMILES string of the molecule is C[PH+](C)C.Cc1c(C)c(C)[c-](C)c1C.F[C-](F)C(F)(F)C(F)(F)F.O.[Ir]. The molecular formula is C16H27F7IrOP-. The first-order valence-electron chi connectivity index (χ1n) is 7.07. The van der Waals surface area contributed by atoms with Crippen molar-refractivity contribution in [2.24, 2.45) is 0 Å². The van der Waals surface area contributed by atoms with Crippen LogP contribution in [0.5, 0.6) is 0 Å². The van der Waals surface area contributed by atoms with Crippen molar-refractivity contribution < 1.29 is 56.3 Å². The number of rotatable bonds is 1. The van der Waals surface area contributed by atoms with Crippen LogP contribution in [0.15, 0.2) is 0 Å². The van der Waals surface area contributed by atoms with Gasteiger partial charge in [-0.25, -0.2) is 8.78 Å². The molecule has 0 aromatic heterocycles. The van der Waals surface area contributed by atoms with Crippen LogP contribution in [0.4, 0.5) is 30.7 Å². The third-order valence-corrected chi connectivity index (χ3v) is 3.41. The van der Waals surface area contributed by atoms with E-state index < -0.39 is 18.5 Å². The molecule has 0 heterocycles. The van der Waals surface area contributed by atoms with E-state index >= 15 is 0 Å². The van der Waals surface area contributed by atoms with Crippen molar-refractivity contribution in [3.63, 3.8) is 0 Å². The first kappa shape index (κ1) is 33.5. The summed E-state index contributed by atoms with van der Waals surface area (Å²) in [5.41, 5.74) is 7.34. The molecule has 1 rings (SSSR count). The van der Waals surface area contributed by atoms with Crippen LogP contribution in [0.25, 0.3) is 0 Å². The van der Waals surface area contributed by atoms with Gasteiger partial charge in [-0.2, -0.15) is 41.0 Å². The topological polar surface area (TPSA) is 31.5 Å². The zero-order chi connectivity index (χ0) is 20.0. The number of hydrogen-bond donors (Lipinski definition) is 0. The Morgan fingerprint density at radius 2 is 1.04 bits per heavy atom. The summed E-state index contributed by atoms with van der Waals surface area (Å²) in [7, 11) is 0.120. The van der Waals surface area contributed by atoms with E-state index in [1.165, 1.54) is 27.8 Å². The maximum Gasteiger partial charge on any atom is 0.427 e. The van der Waals surface area contributed by atoms with Gasteiger partial charge in [0, 0.05) is 40.1 Å². The molecule has 1 radical (unpaired) electrons. The van der Waals surface area contributed by atoms with E-state index in [1.54, 1.807) is 0 Å². The van der Waals surface area contributed by atoms with Gasteiger partial charge in [0.25, 0.3) is 5.92 Å².